The molecule has 0 unspecified atom stereocenters. The third-order valence-corrected chi connectivity index (χ3v) is 3.68. The molecule has 2 heterocycles. The fraction of sp³-hybridized carbons (Fsp3) is 0.467. The standard InChI is InChI=1S/C15H19N3O2/c1-2-8-17(10-11-6-7-11)14-13(15(19)20)18-9-4-3-5-12(18)16-14/h3-5,9,11H,2,6-8,10H2,1H3,(H,19,20). The van der Waals surface area contributed by atoms with E-state index in [4.69, 9.17) is 0 Å². The van der Waals surface area contributed by atoms with Crippen LogP contribution in [0.1, 0.15) is 36.7 Å². The van der Waals surface area contributed by atoms with E-state index >= 15 is 0 Å². The maximum absolute atomic E-state index is 11.6. The number of hydrogen-bond donors (Lipinski definition) is 1. The van der Waals surface area contributed by atoms with Gasteiger partial charge in [0.1, 0.15) is 5.65 Å². The van der Waals surface area contributed by atoms with Gasteiger partial charge in [-0.2, -0.15) is 0 Å². The summed E-state index contributed by atoms with van der Waals surface area (Å²) in [7, 11) is 0. The number of imidazole rings is 1. The van der Waals surface area contributed by atoms with Crippen molar-refractivity contribution in [2.24, 2.45) is 5.92 Å². The Bertz CT molecular complexity index is 631. The van der Waals surface area contributed by atoms with Crippen molar-refractivity contribution in [1.29, 1.82) is 0 Å². The molecule has 2 aromatic heterocycles. The summed E-state index contributed by atoms with van der Waals surface area (Å²) in [4.78, 5) is 18.3. The van der Waals surface area contributed by atoms with Crippen LogP contribution in [0.2, 0.25) is 0 Å². The molecule has 2 aromatic rings. The molecule has 5 heteroatoms. The first kappa shape index (κ1) is 13.0. The Morgan fingerprint density at radius 2 is 2.30 bits per heavy atom. The molecule has 20 heavy (non-hydrogen) atoms. The van der Waals surface area contributed by atoms with E-state index in [1.54, 1.807) is 10.6 Å². The smallest absolute Gasteiger partial charge is 0.356 e. The summed E-state index contributed by atoms with van der Waals surface area (Å²) < 4.78 is 1.66. The van der Waals surface area contributed by atoms with Gasteiger partial charge in [0, 0.05) is 19.3 Å². The molecule has 0 aliphatic heterocycles. The first-order chi connectivity index (χ1) is 9.70. The van der Waals surface area contributed by atoms with Gasteiger partial charge in [-0.25, -0.2) is 9.78 Å². The highest BCUT2D eigenvalue weighted by Gasteiger charge is 2.28. The second kappa shape index (κ2) is 5.15. The topological polar surface area (TPSA) is 57.8 Å². The van der Waals surface area contributed by atoms with Gasteiger partial charge in [-0.3, -0.25) is 4.40 Å². The summed E-state index contributed by atoms with van der Waals surface area (Å²) in [6.07, 6.45) is 5.24. The molecule has 1 aliphatic rings. The van der Waals surface area contributed by atoms with Crippen LogP contribution in [0.3, 0.4) is 0 Å². The van der Waals surface area contributed by atoms with Gasteiger partial charge in [-0.05, 0) is 37.3 Å². The third-order valence-electron chi connectivity index (χ3n) is 3.68. The highest BCUT2D eigenvalue weighted by atomic mass is 16.4. The van der Waals surface area contributed by atoms with Crippen molar-refractivity contribution in [3.05, 3.63) is 30.1 Å². The Morgan fingerprint density at radius 1 is 1.50 bits per heavy atom. The van der Waals surface area contributed by atoms with Crippen LogP contribution >= 0.6 is 0 Å². The minimum absolute atomic E-state index is 0.273. The van der Waals surface area contributed by atoms with E-state index < -0.39 is 5.97 Å². The lowest BCUT2D eigenvalue weighted by molar-refractivity contribution is 0.0690. The molecule has 0 radical (unpaired) electrons. The zero-order valence-corrected chi connectivity index (χ0v) is 11.6. The predicted molar refractivity (Wildman–Crippen MR) is 77.4 cm³/mol. The molecule has 3 rings (SSSR count). The highest BCUT2D eigenvalue weighted by molar-refractivity contribution is 5.93. The van der Waals surface area contributed by atoms with Crippen molar-refractivity contribution >= 4 is 17.4 Å². The SMILES string of the molecule is CCCN(CC1CC1)c1nc2ccccn2c1C(=O)O. The van der Waals surface area contributed by atoms with Gasteiger partial charge in [0.15, 0.2) is 11.5 Å². The zero-order chi connectivity index (χ0) is 14.1. The van der Waals surface area contributed by atoms with Crippen LogP contribution in [0.15, 0.2) is 24.4 Å². The van der Waals surface area contributed by atoms with Gasteiger partial charge in [-0.15, -0.1) is 0 Å². The number of hydrogen-bond acceptors (Lipinski definition) is 3. The monoisotopic (exact) mass is 273 g/mol. The molecule has 0 aromatic carbocycles. The van der Waals surface area contributed by atoms with E-state index in [0.29, 0.717) is 17.4 Å². The highest BCUT2D eigenvalue weighted by Crippen LogP contribution is 2.32. The van der Waals surface area contributed by atoms with Crippen molar-refractivity contribution in [2.75, 3.05) is 18.0 Å². The minimum Gasteiger partial charge on any atom is -0.476 e. The summed E-state index contributed by atoms with van der Waals surface area (Å²) in [5.41, 5.74) is 0.964. The van der Waals surface area contributed by atoms with E-state index in [9.17, 15) is 9.90 Å². The first-order valence-corrected chi connectivity index (χ1v) is 7.16. The Labute approximate surface area is 117 Å². The molecule has 0 saturated heterocycles. The summed E-state index contributed by atoms with van der Waals surface area (Å²) in [5, 5.41) is 9.53. The van der Waals surface area contributed by atoms with E-state index in [2.05, 4.69) is 16.8 Å². The lowest BCUT2D eigenvalue weighted by Crippen LogP contribution is -2.28. The maximum Gasteiger partial charge on any atom is 0.356 e. The molecule has 0 spiro atoms. The number of rotatable bonds is 6. The second-order valence-corrected chi connectivity index (χ2v) is 5.41. The van der Waals surface area contributed by atoms with Crippen molar-refractivity contribution in [3.8, 4) is 0 Å². The molecule has 0 amide bonds. The molecule has 0 atom stereocenters. The Hall–Kier alpha value is -2.04. The van der Waals surface area contributed by atoms with Crippen LogP contribution in [0, 0.1) is 5.92 Å². The first-order valence-electron chi connectivity index (χ1n) is 7.16. The second-order valence-electron chi connectivity index (χ2n) is 5.41. The van der Waals surface area contributed by atoms with E-state index in [0.717, 1.165) is 19.5 Å². The van der Waals surface area contributed by atoms with E-state index in [1.807, 2.05) is 18.2 Å². The van der Waals surface area contributed by atoms with Crippen LogP contribution in [-0.2, 0) is 0 Å². The number of carboxylic acid groups (broad SMARTS) is 1. The summed E-state index contributed by atoms with van der Waals surface area (Å²) in [6, 6.07) is 5.55. The van der Waals surface area contributed by atoms with Crippen LogP contribution < -0.4 is 4.90 Å². The van der Waals surface area contributed by atoms with Crippen LogP contribution in [-0.4, -0.2) is 33.6 Å². The van der Waals surface area contributed by atoms with Crippen molar-refractivity contribution in [3.63, 3.8) is 0 Å². The van der Waals surface area contributed by atoms with E-state index in [-0.39, 0.29) is 5.69 Å². The largest absolute Gasteiger partial charge is 0.476 e. The summed E-state index contributed by atoms with van der Waals surface area (Å²) in [5.74, 6) is 0.390. The lowest BCUT2D eigenvalue weighted by atomic mass is 10.3. The maximum atomic E-state index is 11.6. The van der Waals surface area contributed by atoms with Crippen molar-refractivity contribution < 1.29 is 9.90 Å². The average Bonchev–Trinajstić information content (AvgIpc) is 3.15. The van der Waals surface area contributed by atoms with Gasteiger partial charge >= 0.3 is 5.97 Å². The van der Waals surface area contributed by atoms with E-state index in [1.165, 1.54) is 12.8 Å². The number of carbonyl (C=O) groups is 1. The number of fused-ring (bicyclic) bond motifs is 1. The van der Waals surface area contributed by atoms with Gasteiger partial charge in [0.2, 0.25) is 0 Å². The third kappa shape index (κ3) is 2.35. The molecular formula is C15H19N3O2. The summed E-state index contributed by atoms with van der Waals surface area (Å²) >= 11 is 0. The Balaban J connectivity index is 2.06. The number of anilines is 1. The van der Waals surface area contributed by atoms with Crippen LogP contribution in [0.4, 0.5) is 5.82 Å². The minimum atomic E-state index is -0.921. The number of carboxylic acids is 1. The van der Waals surface area contributed by atoms with Gasteiger partial charge < -0.3 is 10.0 Å². The molecule has 1 aliphatic carbocycles. The fourth-order valence-electron chi connectivity index (χ4n) is 2.57. The number of aromatic carboxylic acids is 1. The molecule has 106 valence electrons. The van der Waals surface area contributed by atoms with Crippen LogP contribution in [0.25, 0.3) is 5.65 Å². The quantitative estimate of drug-likeness (QED) is 0.879. The molecule has 0 bridgehead atoms. The molecular weight excluding hydrogens is 254 g/mol. The number of nitrogens with zero attached hydrogens (tertiary/aromatic N) is 3. The van der Waals surface area contributed by atoms with Crippen molar-refractivity contribution in [1.82, 2.24) is 9.38 Å². The van der Waals surface area contributed by atoms with Crippen molar-refractivity contribution in [2.45, 2.75) is 26.2 Å². The molecule has 1 N–H and O–H groups in total. The number of pyridine rings is 1. The lowest BCUT2D eigenvalue weighted by Gasteiger charge is -2.22. The zero-order valence-electron chi connectivity index (χ0n) is 11.6. The Morgan fingerprint density at radius 3 is 2.95 bits per heavy atom. The average molecular weight is 273 g/mol. The summed E-state index contributed by atoms with van der Waals surface area (Å²) in [6.45, 7) is 3.87. The van der Waals surface area contributed by atoms with Gasteiger partial charge in [-0.1, -0.05) is 13.0 Å². The molecule has 1 saturated carbocycles. The van der Waals surface area contributed by atoms with Gasteiger partial charge in [0.05, 0.1) is 0 Å². The molecule has 1 fully saturated rings. The van der Waals surface area contributed by atoms with Gasteiger partial charge in [0.25, 0.3) is 0 Å². The number of aromatic nitrogens is 2. The molecule has 5 nitrogen and oxygen atoms in total. The normalized spacial score (nSPS) is 14.7. The Kier molecular flexibility index (Phi) is 3.34. The fourth-order valence-corrected chi connectivity index (χ4v) is 2.57. The van der Waals surface area contributed by atoms with Crippen LogP contribution in [0.5, 0.6) is 0 Å². The predicted octanol–water partition coefficient (Wildman–Crippen LogP) is 2.66.